The van der Waals surface area contributed by atoms with Gasteiger partial charge in [-0.3, -0.25) is 9.48 Å². The Morgan fingerprint density at radius 2 is 2.21 bits per heavy atom. The highest BCUT2D eigenvalue weighted by Gasteiger charge is 2.22. The molecule has 4 nitrogen and oxygen atoms in total. The summed E-state index contributed by atoms with van der Waals surface area (Å²) >= 11 is 0. The predicted octanol–water partition coefficient (Wildman–Crippen LogP) is 0.440. The van der Waals surface area contributed by atoms with Crippen molar-refractivity contribution in [2.24, 2.45) is 12.8 Å². The summed E-state index contributed by atoms with van der Waals surface area (Å²) < 4.78 is 1.83. The zero-order chi connectivity index (χ0) is 10.1. The van der Waals surface area contributed by atoms with Crippen LogP contribution in [0.1, 0.15) is 34.6 Å². The Hall–Kier alpha value is -1.16. The Kier molecular flexibility index (Phi) is 2.37. The molecular formula is C10H15N3O. The van der Waals surface area contributed by atoms with Crippen molar-refractivity contribution in [2.45, 2.75) is 25.7 Å². The van der Waals surface area contributed by atoms with Crippen LogP contribution in [0.5, 0.6) is 0 Å². The van der Waals surface area contributed by atoms with Crippen molar-refractivity contribution in [1.82, 2.24) is 9.78 Å². The number of ketones is 1. The van der Waals surface area contributed by atoms with Crippen molar-refractivity contribution in [3.05, 3.63) is 17.0 Å². The topological polar surface area (TPSA) is 60.9 Å². The first kappa shape index (κ1) is 9.40. The number of hydrogen-bond acceptors (Lipinski definition) is 3. The third kappa shape index (κ3) is 1.35. The lowest BCUT2D eigenvalue weighted by molar-refractivity contribution is 0.0995. The maximum absolute atomic E-state index is 11.5. The fourth-order valence-electron chi connectivity index (χ4n) is 2.09. The van der Waals surface area contributed by atoms with Gasteiger partial charge in [-0.2, -0.15) is 5.10 Å². The summed E-state index contributed by atoms with van der Waals surface area (Å²) in [6, 6.07) is 0. The molecule has 0 amide bonds. The van der Waals surface area contributed by atoms with E-state index in [0.717, 1.165) is 24.8 Å². The van der Waals surface area contributed by atoms with Gasteiger partial charge >= 0.3 is 0 Å². The predicted molar refractivity (Wildman–Crippen MR) is 53.2 cm³/mol. The Morgan fingerprint density at radius 1 is 1.50 bits per heavy atom. The van der Waals surface area contributed by atoms with E-state index in [1.807, 2.05) is 11.7 Å². The molecule has 0 spiro atoms. The second kappa shape index (κ2) is 3.53. The van der Waals surface area contributed by atoms with E-state index in [4.69, 9.17) is 5.73 Å². The molecule has 0 aromatic carbocycles. The normalized spacial score (nSPS) is 15.3. The summed E-state index contributed by atoms with van der Waals surface area (Å²) in [4.78, 5) is 11.5. The van der Waals surface area contributed by atoms with Crippen LogP contribution in [0.2, 0.25) is 0 Å². The molecule has 0 saturated carbocycles. The van der Waals surface area contributed by atoms with Gasteiger partial charge in [-0.25, -0.2) is 0 Å². The first-order valence-corrected chi connectivity index (χ1v) is 5.02. The lowest BCUT2D eigenvalue weighted by atomic mass is 9.94. The summed E-state index contributed by atoms with van der Waals surface area (Å²) in [7, 11) is 1.90. The van der Waals surface area contributed by atoms with Crippen LogP contribution in [0, 0.1) is 0 Å². The summed E-state index contributed by atoms with van der Waals surface area (Å²) in [5.41, 5.74) is 8.30. The molecule has 1 heterocycles. The molecule has 0 bridgehead atoms. The smallest absolute Gasteiger partial charge is 0.196 e. The number of Topliss-reactive ketones (excluding diaryl/α,β-unsaturated/α-hetero) is 1. The van der Waals surface area contributed by atoms with Gasteiger partial charge in [0.15, 0.2) is 5.78 Å². The van der Waals surface area contributed by atoms with Crippen molar-refractivity contribution in [1.29, 1.82) is 0 Å². The molecule has 0 atom stereocenters. The van der Waals surface area contributed by atoms with Crippen molar-refractivity contribution in [3.63, 3.8) is 0 Å². The van der Waals surface area contributed by atoms with Gasteiger partial charge in [0.1, 0.15) is 5.69 Å². The molecule has 0 fully saturated rings. The van der Waals surface area contributed by atoms with Crippen molar-refractivity contribution < 1.29 is 4.79 Å². The number of nitrogens with two attached hydrogens (primary N) is 1. The van der Waals surface area contributed by atoms with Crippen molar-refractivity contribution >= 4 is 5.78 Å². The maximum Gasteiger partial charge on any atom is 0.196 e. The van der Waals surface area contributed by atoms with Crippen LogP contribution in [-0.4, -0.2) is 22.1 Å². The minimum absolute atomic E-state index is 0.0382. The van der Waals surface area contributed by atoms with Gasteiger partial charge in [0.2, 0.25) is 0 Å². The van der Waals surface area contributed by atoms with Crippen LogP contribution < -0.4 is 5.73 Å². The molecule has 0 radical (unpaired) electrons. The van der Waals surface area contributed by atoms with Crippen LogP contribution in [0.25, 0.3) is 0 Å². The molecule has 2 rings (SSSR count). The molecule has 1 aromatic heterocycles. The fraction of sp³-hybridized carbons (Fsp3) is 0.600. The molecule has 0 unspecified atom stereocenters. The largest absolute Gasteiger partial charge is 0.324 e. The third-order valence-corrected chi connectivity index (χ3v) is 2.81. The molecule has 1 aliphatic carbocycles. The van der Waals surface area contributed by atoms with Gasteiger partial charge in [-0.1, -0.05) is 0 Å². The Morgan fingerprint density at radius 3 is 2.93 bits per heavy atom. The molecule has 1 aromatic rings. The van der Waals surface area contributed by atoms with Crippen LogP contribution in [0.3, 0.4) is 0 Å². The molecule has 76 valence electrons. The van der Waals surface area contributed by atoms with Gasteiger partial charge in [0.25, 0.3) is 0 Å². The van der Waals surface area contributed by atoms with Crippen LogP contribution >= 0.6 is 0 Å². The quantitative estimate of drug-likeness (QED) is 0.693. The van der Waals surface area contributed by atoms with Crippen molar-refractivity contribution in [2.75, 3.05) is 6.54 Å². The summed E-state index contributed by atoms with van der Waals surface area (Å²) in [5.74, 6) is -0.0382. The summed E-state index contributed by atoms with van der Waals surface area (Å²) in [5, 5.41) is 4.25. The highest BCUT2D eigenvalue weighted by molar-refractivity contribution is 5.97. The average molecular weight is 193 g/mol. The molecule has 1 aliphatic rings. The second-order valence-corrected chi connectivity index (χ2v) is 3.73. The lowest BCUT2D eigenvalue weighted by Gasteiger charge is -2.11. The number of nitrogens with zero attached hydrogens (tertiary/aromatic N) is 2. The number of fused-ring (bicyclic) bond motifs is 1. The van der Waals surface area contributed by atoms with E-state index in [0.29, 0.717) is 5.69 Å². The highest BCUT2D eigenvalue weighted by atomic mass is 16.1. The zero-order valence-electron chi connectivity index (χ0n) is 8.42. The van der Waals surface area contributed by atoms with E-state index < -0.39 is 0 Å². The molecule has 0 saturated heterocycles. The number of aromatic nitrogens is 2. The van der Waals surface area contributed by atoms with Gasteiger partial charge < -0.3 is 5.73 Å². The van der Waals surface area contributed by atoms with Gasteiger partial charge in [-0.15, -0.1) is 0 Å². The SMILES string of the molecule is Cn1nc(C(=O)CN)c2c1CCCC2. The molecule has 0 aliphatic heterocycles. The lowest BCUT2D eigenvalue weighted by Crippen LogP contribution is -2.16. The number of carbonyl (C=O) groups is 1. The monoisotopic (exact) mass is 193 g/mol. The Balaban J connectivity index is 2.46. The third-order valence-electron chi connectivity index (χ3n) is 2.81. The minimum Gasteiger partial charge on any atom is -0.324 e. The summed E-state index contributed by atoms with van der Waals surface area (Å²) in [6.07, 6.45) is 4.37. The van der Waals surface area contributed by atoms with E-state index in [-0.39, 0.29) is 12.3 Å². The first-order chi connectivity index (χ1) is 6.74. The second-order valence-electron chi connectivity index (χ2n) is 3.73. The summed E-state index contributed by atoms with van der Waals surface area (Å²) in [6.45, 7) is 0.0590. The van der Waals surface area contributed by atoms with Gasteiger partial charge in [0.05, 0.1) is 6.54 Å². The van der Waals surface area contributed by atoms with Gasteiger partial charge in [0, 0.05) is 18.3 Å². The van der Waals surface area contributed by atoms with Gasteiger partial charge in [-0.05, 0) is 25.7 Å². The van der Waals surface area contributed by atoms with E-state index in [9.17, 15) is 4.79 Å². The first-order valence-electron chi connectivity index (χ1n) is 5.02. The standard InChI is InChI=1S/C10H15N3O/c1-13-8-5-3-2-4-7(8)10(12-13)9(14)6-11/h2-6,11H2,1H3. The Labute approximate surface area is 83.1 Å². The van der Waals surface area contributed by atoms with Crippen LogP contribution in [0.15, 0.2) is 0 Å². The average Bonchev–Trinajstić information content (AvgIpc) is 2.56. The molecule has 2 N–H and O–H groups in total. The molecule has 14 heavy (non-hydrogen) atoms. The van der Waals surface area contributed by atoms with Crippen LogP contribution in [0.4, 0.5) is 0 Å². The van der Waals surface area contributed by atoms with E-state index in [2.05, 4.69) is 5.10 Å². The number of rotatable bonds is 2. The molecular weight excluding hydrogens is 178 g/mol. The zero-order valence-corrected chi connectivity index (χ0v) is 8.42. The van der Waals surface area contributed by atoms with E-state index >= 15 is 0 Å². The Bertz CT molecular complexity index is 368. The fourth-order valence-corrected chi connectivity index (χ4v) is 2.09. The van der Waals surface area contributed by atoms with Crippen molar-refractivity contribution in [3.8, 4) is 0 Å². The van der Waals surface area contributed by atoms with Crippen LogP contribution in [-0.2, 0) is 19.9 Å². The highest BCUT2D eigenvalue weighted by Crippen LogP contribution is 2.23. The minimum atomic E-state index is -0.0382. The van der Waals surface area contributed by atoms with E-state index in [1.54, 1.807) is 0 Å². The number of hydrogen-bond donors (Lipinski definition) is 1. The number of carbonyl (C=O) groups excluding carboxylic acids is 1. The number of aryl methyl sites for hydroxylation is 1. The maximum atomic E-state index is 11.5. The van der Waals surface area contributed by atoms with E-state index in [1.165, 1.54) is 12.1 Å². The molecule has 4 heteroatoms.